The summed E-state index contributed by atoms with van der Waals surface area (Å²) in [5, 5.41) is 0. The number of alkyl halides is 1. The first-order valence-corrected chi connectivity index (χ1v) is 7.28. The van der Waals surface area contributed by atoms with E-state index in [0.717, 1.165) is 21.3 Å². The molecule has 78 valence electrons. The molecule has 0 aromatic carbocycles. The van der Waals surface area contributed by atoms with Crippen LogP contribution in [-0.4, -0.2) is 12.5 Å². The van der Waals surface area contributed by atoms with Crippen molar-refractivity contribution >= 4 is 54.8 Å². The summed E-state index contributed by atoms with van der Waals surface area (Å²) < 4.78 is 7.92. The van der Waals surface area contributed by atoms with Crippen molar-refractivity contribution in [2.24, 2.45) is 5.92 Å². The number of halogens is 3. The molecule has 14 heavy (non-hydrogen) atoms. The average Bonchev–Trinajstić information content (AvgIpc) is 2.73. The van der Waals surface area contributed by atoms with E-state index in [2.05, 4.69) is 37.9 Å². The SMILES string of the molecule is ClCC1CCOC1c1cc(Br)c(Br)s1. The number of hydrogen-bond acceptors (Lipinski definition) is 2. The van der Waals surface area contributed by atoms with Crippen molar-refractivity contribution < 1.29 is 4.74 Å². The molecule has 1 nitrogen and oxygen atoms in total. The molecule has 2 atom stereocenters. The van der Waals surface area contributed by atoms with E-state index in [1.54, 1.807) is 11.3 Å². The summed E-state index contributed by atoms with van der Waals surface area (Å²) in [4.78, 5) is 1.26. The Bertz CT molecular complexity index is 309. The van der Waals surface area contributed by atoms with Crippen molar-refractivity contribution in [2.75, 3.05) is 12.5 Å². The van der Waals surface area contributed by atoms with Crippen LogP contribution < -0.4 is 0 Å². The van der Waals surface area contributed by atoms with Gasteiger partial charge in [-0.2, -0.15) is 0 Å². The van der Waals surface area contributed by atoms with Crippen LogP contribution in [0.1, 0.15) is 17.4 Å². The normalized spacial score (nSPS) is 27.1. The quantitative estimate of drug-likeness (QED) is 0.701. The third-order valence-corrected chi connectivity index (χ3v) is 6.07. The Kier molecular flexibility index (Phi) is 3.93. The summed E-state index contributed by atoms with van der Waals surface area (Å²) in [6.07, 6.45) is 1.27. The predicted octanol–water partition coefficient (Wildman–Crippen LogP) is 4.59. The number of rotatable bonds is 2. The molecule has 0 N–H and O–H groups in total. The van der Waals surface area contributed by atoms with Crippen molar-refractivity contribution in [3.63, 3.8) is 0 Å². The molecule has 1 aliphatic rings. The van der Waals surface area contributed by atoms with Crippen LogP contribution in [0.4, 0.5) is 0 Å². The monoisotopic (exact) mass is 358 g/mol. The fraction of sp³-hybridized carbons (Fsp3) is 0.556. The van der Waals surface area contributed by atoms with E-state index >= 15 is 0 Å². The largest absolute Gasteiger partial charge is 0.372 e. The smallest absolute Gasteiger partial charge is 0.0957 e. The zero-order valence-electron chi connectivity index (χ0n) is 7.30. The molecule has 0 spiro atoms. The molecular formula is C9H9Br2ClOS. The molecule has 5 heteroatoms. The highest BCUT2D eigenvalue weighted by atomic mass is 79.9. The molecular weight excluding hydrogens is 351 g/mol. The number of hydrogen-bond donors (Lipinski definition) is 0. The van der Waals surface area contributed by atoms with Gasteiger partial charge in [-0.1, -0.05) is 0 Å². The minimum Gasteiger partial charge on any atom is -0.372 e. The molecule has 2 rings (SSSR count). The molecule has 1 aliphatic heterocycles. The fourth-order valence-corrected chi connectivity index (χ4v) is 4.16. The summed E-state index contributed by atoms with van der Waals surface area (Å²) >= 11 is 14.6. The molecule has 0 saturated carbocycles. The number of ether oxygens (including phenoxy) is 1. The minimum absolute atomic E-state index is 0.195. The third kappa shape index (κ3) is 2.19. The van der Waals surface area contributed by atoms with Gasteiger partial charge in [0, 0.05) is 27.8 Å². The zero-order valence-corrected chi connectivity index (χ0v) is 12.0. The van der Waals surface area contributed by atoms with Gasteiger partial charge in [0.2, 0.25) is 0 Å². The van der Waals surface area contributed by atoms with Crippen LogP contribution in [0.5, 0.6) is 0 Å². The van der Waals surface area contributed by atoms with E-state index in [1.807, 2.05) is 0 Å². The van der Waals surface area contributed by atoms with Crippen molar-refractivity contribution in [3.8, 4) is 0 Å². The van der Waals surface area contributed by atoms with Crippen molar-refractivity contribution in [2.45, 2.75) is 12.5 Å². The molecule has 0 amide bonds. The van der Waals surface area contributed by atoms with E-state index in [-0.39, 0.29) is 6.10 Å². The highest BCUT2D eigenvalue weighted by molar-refractivity contribution is 9.13. The van der Waals surface area contributed by atoms with E-state index in [0.29, 0.717) is 11.8 Å². The molecule has 1 fully saturated rings. The third-order valence-electron chi connectivity index (χ3n) is 2.36. The van der Waals surface area contributed by atoms with E-state index in [4.69, 9.17) is 16.3 Å². The molecule has 0 bridgehead atoms. The maximum Gasteiger partial charge on any atom is 0.0957 e. The Hall–Kier alpha value is 0.910. The summed E-state index contributed by atoms with van der Waals surface area (Å²) in [5.41, 5.74) is 0. The summed E-state index contributed by atoms with van der Waals surface area (Å²) in [6, 6.07) is 2.12. The van der Waals surface area contributed by atoms with Gasteiger partial charge in [-0.3, -0.25) is 0 Å². The van der Waals surface area contributed by atoms with E-state index in [1.165, 1.54) is 4.88 Å². The summed E-state index contributed by atoms with van der Waals surface area (Å²) in [6.45, 7) is 0.829. The molecule has 1 aromatic rings. The Morgan fingerprint density at radius 3 is 2.93 bits per heavy atom. The second-order valence-electron chi connectivity index (χ2n) is 3.26. The Morgan fingerprint density at radius 2 is 2.36 bits per heavy atom. The lowest BCUT2D eigenvalue weighted by molar-refractivity contribution is 0.0980. The molecule has 2 heterocycles. The first-order valence-electron chi connectivity index (χ1n) is 4.34. The van der Waals surface area contributed by atoms with Crippen LogP contribution in [0.2, 0.25) is 0 Å². The lowest BCUT2D eigenvalue weighted by Gasteiger charge is -2.13. The molecule has 2 unspecified atom stereocenters. The zero-order chi connectivity index (χ0) is 10.1. The first-order chi connectivity index (χ1) is 6.72. The van der Waals surface area contributed by atoms with Gasteiger partial charge < -0.3 is 4.74 Å². The Morgan fingerprint density at radius 1 is 1.57 bits per heavy atom. The Balaban J connectivity index is 2.21. The van der Waals surface area contributed by atoms with Crippen molar-refractivity contribution in [1.82, 2.24) is 0 Å². The van der Waals surface area contributed by atoms with Gasteiger partial charge in [0.15, 0.2) is 0 Å². The van der Waals surface area contributed by atoms with Crippen LogP contribution in [0.15, 0.2) is 14.3 Å². The minimum atomic E-state index is 0.195. The van der Waals surface area contributed by atoms with Gasteiger partial charge in [-0.15, -0.1) is 22.9 Å². The summed E-state index contributed by atoms with van der Waals surface area (Å²) in [7, 11) is 0. The van der Waals surface area contributed by atoms with Gasteiger partial charge in [-0.05, 0) is 44.3 Å². The molecule has 0 aliphatic carbocycles. The maximum atomic E-state index is 5.90. The second-order valence-corrected chi connectivity index (χ2v) is 6.83. The van der Waals surface area contributed by atoms with Crippen LogP contribution in [0.3, 0.4) is 0 Å². The van der Waals surface area contributed by atoms with Crippen LogP contribution in [0, 0.1) is 5.92 Å². The van der Waals surface area contributed by atoms with Crippen molar-refractivity contribution in [1.29, 1.82) is 0 Å². The fourth-order valence-electron chi connectivity index (χ4n) is 1.61. The van der Waals surface area contributed by atoms with Crippen LogP contribution >= 0.6 is 54.8 Å². The van der Waals surface area contributed by atoms with Gasteiger partial charge in [0.25, 0.3) is 0 Å². The van der Waals surface area contributed by atoms with Crippen molar-refractivity contribution in [3.05, 3.63) is 19.2 Å². The maximum absolute atomic E-state index is 5.90. The molecule has 1 aromatic heterocycles. The van der Waals surface area contributed by atoms with E-state index < -0.39 is 0 Å². The summed E-state index contributed by atoms with van der Waals surface area (Å²) in [5.74, 6) is 1.15. The highest BCUT2D eigenvalue weighted by Crippen LogP contribution is 2.42. The van der Waals surface area contributed by atoms with E-state index in [9.17, 15) is 0 Å². The predicted molar refractivity (Wildman–Crippen MR) is 67.2 cm³/mol. The lowest BCUT2D eigenvalue weighted by Crippen LogP contribution is -2.07. The van der Waals surface area contributed by atoms with Gasteiger partial charge in [0.1, 0.15) is 0 Å². The molecule has 1 saturated heterocycles. The van der Waals surface area contributed by atoms with Gasteiger partial charge >= 0.3 is 0 Å². The topological polar surface area (TPSA) is 9.23 Å². The molecule has 0 radical (unpaired) electrons. The van der Waals surface area contributed by atoms with Gasteiger partial charge in [0.05, 0.1) is 9.89 Å². The first kappa shape index (κ1) is 11.4. The Labute approximate surface area is 109 Å². The van der Waals surface area contributed by atoms with Crippen LogP contribution in [0.25, 0.3) is 0 Å². The standard InChI is InChI=1S/C9H9Br2ClOS/c10-6-3-7(14-9(6)11)8-5(4-12)1-2-13-8/h3,5,8H,1-2,4H2. The highest BCUT2D eigenvalue weighted by Gasteiger charge is 2.30. The lowest BCUT2D eigenvalue weighted by atomic mass is 10.0. The average molecular weight is 360 g/mol. The van der Waals surface area contributed by atoms with Gasteiger partial charge in [-0.25, -0.2) is 0 Å². The van der Waals surface area contributed by atoms with Crippen LogP contribution in [-0.2, 0) is 4.74 Å². The second kappa shape index (κ2) is 4.83. The number of thiophene rings is 1.